The molecule has 1 aliphatic heterocycles. The highest BCUT2D eigenvalue weighted by Gasteiger charge is 2.69. The van der Waals surface area contributed by atoms with Crippen molar-refractivity contribution in [2.45, 2.75) is 24.4 Å². The minimum atomic E-state index is -0.704. The van der Waals surface area contributed by atoms with Crippen molar-refractivity contribution in [2.24, 2.45) is 11.8 Å². The fourth-order valence-electron chi connectivity index (χ4n) is 5.51. The van der Waals surface area contributed by atoms with Crippen molar-refractivity contribution in [3.8, 4) is 0 Å². The van der Waals surface area contributed by atoms with Crippen LogP contribution in [0.2, 0.25) is 0 Å². The van der Waals surface area contributed by atoms with E-state index in [1.54, 1.807) is 7.11 Å². The molecule has 25 heavy (non-hydrogen) atoms. The summed E-state index contributed by atoms with van der Waals surface area (Å²) in [6.07, 6.45) is -0.276. The SMILES string of the molecule is COC(C)C12c3ccccc3C(c3ccccc31)[C@H]1C(=O)OC(=O)[C@H]12. The van der Waals surface area contributed by atoms with Gasteiger partial charge in [-0.3, -0.25) is 9.59 Å². The highest BCUT2D eigenvalue weighted by atomic mass is 16.6. The number of methoxy groups -OCH3 is 1. The van der Waals surface area contributed by atoms with Crippen LogP contribution in [0, 0.1) is 11.8 Å². The summed E-state index contributed by atoms with van der Waals surface area (Å²) in [6.45, 7) is 1.98. The molecule has 2 aromatic rings. The Bertz CT molecular complexity index is 868. The van der Waals surface area contributed by atoms with Crippen molar-refractivity contribution in [3.05, 3.63) is 70.8 Å². The quantitative estimate of drug-likeness (QED) is 0.626. The molecule has 1 heterocycles. The summed E-state index contributed by atoms with van der Waals surface area (Å²) < 4.78 is 10.9. The highest BCUT2D eigenvalue weighted by Crippen LogP contribution is 2.65. The maximum Gasteiger partial charge on any atom is 0.318 e. The molecule has 0 radical (unpaired) electrons. The van der Waals surface area contributed by atoms with E-state index in [1.807, 2.05) is 31.2 Å². The summed E-state index contributed by atoms with van der Waals surface area (Å²) in [5.41, 5.74) is 3.68. The molecule has 4 nitrogen and oxygen atoms in total. The van der Waals surface area contributed by atoms with Gasteiger partial charge < -0.3 is 9.47 Å². The Labute approximate surface area is 145 Å². The number of benzene rings is 2. The molecule has 3 atom stereocenters. The number of cyclic esters (lactones) is 2. The predicted molar refractivity (Wildman–Crippen MR) is 90.1 cm³/mol. The molecule has 2 bridgehead atoms. The lowest BCUT2D eigenvalue weighted by atomic mass is 9.46. The summed E-state index contributed by atoms with van der Waals surface area (Å²) in [7, 11) is 1.66. The first-order chi connectivity index (χ1) is 12.1. The maximum atomic E-state index is 12.8. The van der Waals surface area contributed by atoms with Crippen LogP contribution in [-0.2, 0) is 24.5 Å². The zero-order valence-electron chi connectivity index (χ0n) is 14.1. The normalized spacial score (nSPS) is 32.6. The van der Waals surface area contributed by atoms with E-state index >= 15 is 0 Å². The number of hydrogen-bond donors (Lipinski definition) is 0. The van der Waals surface area contributed by atoms with E-state index in [9.17, 15) is 9.59 Å². The summed E-state index contributed by atoms with van der Waals surface area (Å²) in [6, 6.07) is 16.2. The van der Waals surface area contributed by atoms with Crippen LogP contribution in [0.1, 0.15) is 35.1 Å². The molecule has 1 unspecified atom stereocenters. The summed E-state index contributed by atoms with van der Waals surface area (Å²) in [5, 5.41) is 0. The second kappa shape index (κ2) is 4.79. The maximum absolute atomic E-state index is 12.8. The van der Waals surface area contributed by atoms with Gasteiger partial charge in [-0.15, -0.1) is 0 Å². The van der Waals surface area contributed by atoms with Gasteiger partial charge in [-0.1, -0.05) is 48.5 Å². The van der Waals surface area contributed by atoms with E-state index in [1.165, 1.54) is 0 Å². The third-order valence-corrected chi connectivity index (χ3v) is 6.41. The highest BCUT2D eigenvalue weighted by molar-refractivity contribution is 6.00. The minimum Gasteiger partial charge on any atom is -0.393 e. The lowest BCUT2D eigenvalue weighted by molar-refractivity contribution is -0.154. The Balaban J connectivity index is 1.96. The molecular formula is C21H18O4. The molecule has 3 aliphatic carbocycles. The third kappa shape index (κ3) is 1.52. The monoisotopic (exact) mass is 334 g/mol. The zero-order chi connectivity index (χ0) is 17.3. The Hall–Kier alpha value is -2.46. The first-order valence-electron chi connectivity index (χ1n) is 8.59. The van der Waals surface area contributed by atoms with Crippen LogP contribution >= 0.6 is 0 Å². The molecule has 1 fully saturated rings. The zero-order valence-corrected chi connectivity index (χ0v) is 14.1. The van der Waals surface area contributed by atoms with E-state index in [0.717, 1.165) is 22.3 Å². The molecule has 6 rings (SSSR count). The number of hydrogen-bond acceptors (Lipinski definition) is 4. The van der Waals surface area contributed by atoms with Gasteiger partial charge in [-0.25, -0.2) is 0 Å². The standard InChI is InChI=1S/C21H18O4/c1-11(24-2)21-14-9-5-3-7-12(14)16(13-8-4-6-10-15(13)21)17-18(21)20(23)25-19(17)22/h3-11,16-18H,1-2H3/t11?,16?,17-,18+,21?/m1/s1. The van der Waals surface area contributed by atoms with Crippen molar-refractivity contribution < 1.29 is 19.1 Å². The van der Waals surface area contributed by atoms with Crippen LogP contribution in [0.3, 0.4) is 0 Å². The fraction of sp³-hybridized carbons (Fsp3) is 0.333. The van der Waals surface area contributed by atoms with Crippen LogP contribution in [0.25, 0.3) is 0 Å². The molecule has 2 aromatic carbocycles. The average molecular weight is 334 g/mol. The first-order valence-corrected chi connectivity index (χ1v) is 8.59. The minimum absolute atomic E-state index is 0.137. The molecule has 4 aliphatic rings. The van der Waals surface area contributed by atoms with Crippen molar-refractivity contribution in [1.82, 2.24) is 0 Å². The van der Waals surface area contributed by atoms with Gasteiger partial charge in [0, 0.05) is 13.0 Å². The molecular weight excluding hydrogens is 316 g/mol. The third-order valence-electron chi connectivity index (χ3n) is 6.41. The number of carbonyl (C=O) groups excluding carboxylic acids is 2. The van der Waals surface area contributed by atoms with Crippen molar-refractivity contribution >= 4 is 11.9 Å². The van der Waals surface area contributed by atoms with Crippen LogP contribution in [0.4, 0.5) is 0 Å². The van der Waals surface area contributed by atoms with E-state index in [-0.39, 0.29) is 12.0 Å². The number of carbonyl (C=O) groups is 2. The molecule has 0 amide bonds. The molecule has 0 saturated carbocycles. The van der Waals surface area contributed by atoms with Gasteiger partial charge in [0.1, 0.15) is 0 Å². The Kier molecular flexibility index (Phi) is 2.85. The van der Waals surface area contributed by atoms with Gasteiger partial charge in [0.15, 0.2) is 0 Å². The fourth-order valence-corrected chi connectivity index (χ4v) is 5.51. The Morgan fingerprint density at radius 3 is 2.08 bits per heavy atom. The first kappa shape index (κ1) is 14.8. The van der Waals surface area contributed by atoms with E-state index in [2.05, 4.69) is 24.3 Å². The second-order valence-electron chi connectivity index (χ2n) is 7.14. The molecule has 0 spiro atoms. The van der Waals surface area contributed by atoms with E-state index in [0.29, 0.717) is 0 Å². The molecule has 0 aromatic heterocycles. The van der Waals surface area contributed by atoms with Gasteiger partial charge >= 0.3 is 11.9 Å². The summed E-state index contributed by atoms with van der Waals surface area (Å²) in [5.74, 6) is -1.98. The largest absolute Gasteiger partial charge is 0.393 e. The Morgan fingerprint density at radius 1 is 0.960 bits per heavy atom. The van der Waals surface area contributed by atoms with Gasteiger partial charge in [-0.05, 0) is 29.2 Å². The van der Waals surface area contributed by atoms with Gasteiger partial charge in [0.25, 0.3) is 0 Å². The van der Waals surface area contributed by atoms with Crippen LogP contribution in [0.15, 0.2) is 48.5 Å². The number of ether oxygens (including phenoxy) is 2. The topological polar surface area (TPSA) is 52.6 Å². The van der Waals surface area contributed by atoms with Crippen LogP contribution in [0.5, 0.6) is 0 Å². The molecule has 1 saturated heterocycles. The van der Waals surface area contributed by atoms with Crippen molar-refractivity contribution in [1.29, 1.82) is 0 Å². The predicted octanol–water partition coefficient (Wildman–Crippen LogP) is 2.78. The van der Waals surface area contributed by atoms with Gasteiger partial charge in [0.2, 0.25) is 0 Å². The number of esters is 2. The van der Waals surface area contributed by atoms with Gasteiger partial charge in [0.05, 0.1) is 23.4 Å². The Morgan fingerprint density at radius 2 is 1.52 bits per heavy atom. The molecule has 0 N–H and O–H groups in total. The van der Waals surface area contributed by atoms with Crippen LogP contribution in [-0.4, -0.2) is 25.2 Å². The molecule has 4 heteroatoms. The lowest BCUT2D eigenvalue weighted by Crippen LogP contribution is -2.58. The summed E-state index contributed by atoms with van der Waals surface area (Å²) >= 11 is 0. The van der Waals surface area contributed by atoms with Crippen molar-refractivity contribution in [2.75, 3.05) is 7.11 Å². The van der Waals surface area contributed by atoms with E-state index < -0.39 is 29.2 Å². The van der Waals surface area contributed by atoms with Crippen LogP contribution < -0.4 is 0 Å². The summed E-state index contributed by atoms with van der Waals surface area (Å²) in [4.78, 5) is 25.4. The van der Waals surface area contributed by atoms with Gasteiger partial charge in [-0.2, -0.15) is 0 Å². The lowest BCUT2D eigenvalue weighted by Gasteiger charge is -2.55. The average Bonchev–Trinajstić information content (AvgIpc) is 2.96. The smallest absolute Gasteiger partial charge is 0.318 e. The number of rotatable bonds is 2. The second-order valence-corrected chi connectivity index (χ2v) is 7.14. The van der Waals surface area contributed by atoms with Crippen molar-refractivity contribution in [3.63, 3.8) is 0 Å². The molecule has 126 valence electrons. The van der Waals surface area contributed by atoms with E-state index in [4.69, 9.17) is 9.47 Å².